The highest BCUT2D eigenvalue weighted by Crippen LogP contribution is 2.17. The van der Waals surface area contributed by atoms with Crippen LogP contribution < -0.4 is 0 Å². The molecule has 0 heterocycles. The van der Waals surface area contributed by atoms with Crippen molar-refractivity contribution < 1.29 is 28.6 Å². The van der Waals surface area contributed by atoms with E-state index in [9.17, 15) is 14.4 Å². The predicted molar refractivity (Wildman–Crippen MR) is 348 cm³/mol. The minimum Gasteiger partial charge on any atom is -0.462 e. The molecule has 0 N–H and O–H groups in total. The summed E-state index contributed by atoms with van der Waals surface area (Å²) < 4.78 is 16.9. The van der Waals surface area contributed by atoms with Crippen LogP contribution in [-0.2, 0) is 28.6 Å². The molecule has 0 aliphatic heterocycles. The Hall–Kier alpha value is -3.67. The smallest absolute Gasteiger partial charge is 0.306 e. The van der Waals surface area contributed by atoms with Gasteiger partial charge in [-0.3, -0.25) is 14.4 Å². The van der Waals surface area contributed by atoms with Crippen LogP contribution in [0.4, 0.5) is 0 Å². The Labute approximate surface area is 496 Å². The van der Waals surface area contributed by atoms with Crippen LogP contribution in [0.25, 0.3) is 0 Å². The molecule has 0 aromatic heterocycles. The summed E-state index contributed by atoms with van der Waals surface area (Å²) in [6.45, 7) is 6.42. The number of ether oxygens (including phenoxy) is 3. The summed E-state index contributed by atoms with van der Waals surface area (Å²) in [5.74, 6) is -0.865. The number of carbonyl (C=O) groups excluding carboxylic acids is 3. The molecule has 460 valence electrons. The van der Waals surface area contributed by atoms with E-state index in [0.717, 1.165) is 109 Å². The third kappa shape index (κ3) is 65.1. The van der Waals surface area contributed by atoms with Crippen LogP contribution in [0, 0.1) is 0 Å². The summed E-state index contributed by atoms with van der Waals surface area (Å²) in [4.78, 5) is 38.2. The molecule has 0 aromatic rings. The number of hydrogen-bond donors (Lipinski definition) is 0. The number of unbranched alkanes of at least 4 members (excludes halogenated alkanes) is 35. The summed E-state index contributed by atoms with van der Waals surface area (Å²) in [5, 5.41) is 0. The van der Waals surface area contributed by atoms with Gasteiger partial charge in [0.15, 0.2) is 6.10 Å². The van der Waals surface area contributed by atoms with Crippen molar-refractivity contribution >= 4 is 17.9 Å². The summed E-state index contributed by atoms with van der Waals surface area (Å²) in [7, 11) is 0. The second-order valence-corrected chi connectivity index (χ2v) is 22.7. The number of hydrogen-bond acceptors (Lipinski definition) is 6. The summed E-state index contributed by atoms with van der Waals surface area (Å²) in [6.07, 6.45) is 91.6. The molecule has 80 heavy (non-hydrogen) atoms. The SMILES string of the molecule is CC/C=C\C/C=C\C/C=C\C/C=C\CCCCCCCCCCCCCCCCCCC(=O)OCC(COC(=O)CCCCCCCCCC)OC(=O)CCCCCCCCCCCCCC/C=C\C/C=C\C/C=C\C/C=C\CC. The average Bonchev–Trinajstić information content (AvgIpc) is 3.46. The van der Waals surface area contributed by atoms with Crippen molar-refractivity contribution in [1.29, 1.82) is 0 Å². The molecule has 0 saturated carbocycles. The van der Waals surface area contributed by atoms with E-state index in [1.807, 2.05) is 0 Å². The molecule has 1 atom stereocenters. The maximum Gasteiger partial charge on any atom is 0.306 e. The largest absolute Gasteiger partial charge is 0.462 e. The van der Waals surface area contributed by atoms with Crippen LogP contribution >= 0.6 is 0 Å². The molecule has 0 aliphatic rings. The first-order valence-corrected chi connectivity index (χ1v) is 34.2. The molecule has 0 rings (SSSR count). The number of allylic oxidation sites excluding steroid dienone is 16. The fraction of sp³-hybridized carbons (Fsp3) is 0.743. The molecule has 6 nitrogen and oxygen atoms in total. The lowest BCUT2D eigenvalue weighted by Gasteiger charge is -2.18. The van der Waals surface area contributed by atoms with Gasteiger partial charge in [0.25, 0.3) is 0 Å². The number of esters is 3. The van der Waals surface area contributed by atoms with Gasteiger partial charge in [-0.2, -0.15) is 0 Å². The van der Waals surface area contributed by atoms with E-state index in [2.05, 4.69) is 118 Å². The molecule has 1 unspecified atom stereocenters. The Morgan fingerprint density at radius 3 is 0.762 bits per heavy atom. The minimum absolute atomic E-state index is 0.0739. The summed E-state index contributed by atoms with van der Waals surface area (Å²) in [6, 6.07) is 0. The van der Waals surface area contributed by atoms with Crippen molar-refractivity contribution in [1.82, 2.24) is 0 Å². The molecular weight excluding hydrogens is 985 g/mol. The van der Waals surface area contributed by atoms with Gasteiger partial charge in [-0.05, 0) is 96.3 Å². The van der Waals surface area contributed by atoms with E-state index < -0.39 is 6.10 Å². The van der Waals surface area contributed by atoms with E-state index in [-0.39, 0.29) is 31.1 Å². The van der Waals surface area contributed by atoms with Crippen molar-refractivity contribution in [3.05, 3.63) is 97.2 Å². The van der Waals surface area contributed by atoms with Crippen LogP contribution in [0.3, 0.4) is 0 Å². The Morgan fingerprint density at radius 2 is 0.487 bits per heavy atom. The van der Waals surface area contributed by atoms with E-state index >= 15 is 0 Å². The van der Waals surface area contributed by atoms with Gasteiger partial charge in [0.1, 0.15) is 13.2 Å². The topological polar surface area (TPSA) is 78.9 Å². The van der Waals surface area contributed by atoms with Crippen molar-refractivity contribution in [2.75, 3.05) is 13.2 Å². The molecule has 0 saturated heterocycles. The maximum atomic E-state index is 12.9. The maximum absolute atomic E-state index is 12.9. The first-order valence-electron chi connectivity index (χ1n) is 34.2. The third-order valence-corrected chi connectivity index (χ3v) is 14.8. The quantitative estimate of drug-likeness (QED) is 0.0261. The van der Waals surface area contributed by atoms with Gasteiger partial charge in [-0.25, -0.2) is 0 Å². The third-order valence-electron chi connectivity index (χ3n) is 14.8. The molecule has 0 amide bonds. The normalized spacial score (nSPS) is 12.7. The fourth-order valence-electron chi connectivity index (χ4n) is 9.78. The fourth-order valence-corrected chi connectivity index (χ4v) is 9.78. The average molecular weight is 1110 g/mol. The highest BCUT2D eigenvalue weighted by molar-refractivity contribution is 5.71. The van der Waals surface area contributed by atoms with Crippen molar-refractivity contribution in [3.63, 3.8) is 0 Å². The van der Waals surface area contributed by atoms with Gasteiger partial charge in [0, 0.05) is 19.3 Å². The second-order valence-electron chi connectivity index (χ2n) is 22.7. The Bertz CT molecular complexity index is 1560. The Kier molecular flexibility index (Phi) is 64.7. The molecule has 0 aromatic carbocycles. The lowest BCUT2D eigenvalue weighted by molar-refractivity contribution is -0.167. The highest BCUT2D eigenvalue weighted by Gasteiger charge is 2.19. The van der Waals surface area contributed by atoms with E-state index in [1.54, 1.807) is 0 Å². The van der Waals surface area contributed by atoms with Crippen LogP contribution in [-0.4, -0.2) is 37.2 Å². The zero-order valence-corrected chi connectivity index (χ0v) is 52.8. The van der Waals surface area contributed by atoms with E-state index in [0.29, 0.717) is 19.3 Å². The lowest BCUT2D eigenvalue weighted by atomic mass is 10.0. The van der Waals surface area contributed by atoms with Crippen molar-refractivity contribution in [3.8, 4) is 0 Å². The van der Waals surface area contributed by atoms with Crippen LogP contribution in [0.1, 0.15) is 335 Å². The van der Waals surface area contributed by atoms with Gasteiger partial charge >= 0.3 is 17.9 Å². The monoisotopic (exact) mass is 1110 g/mol. The summed E-state index contributed by atoms with van der Waals surface area (Å²) >= 11 is 0. The van der Waals surface area contributed by atoms with Gasteiger partial charge < -0.3 is 14.2 Å². The molecule has 0 bridgehead atoms. The Morgan fingerprint density at radius 1 is 0.263 bits per heavy atom. The standard InChI is InChI=1S/C74H128O6/c1-4-7-10-13-16-19-21-23-25-27-29-31-33-35-36-37-38-40-41-43-45-47-49-51-53-55-58-61-64-67-73(76)79-70-71(69-78-72(75)66-63-60-57-18-15-12-9-6-3)80-74(77)68-65-62-59-56-54-52-50-48-46-44-42-39-34-32-30-28-26-24-22-20-17-14-11-8-5-2/h7-8,10-11,16-17,19-20,23-26,29-32,71H,4-6,9,12-15,18,21-22,27-28,33-70H2,1-3H3/b10-7-,11-8-,19-16-,20-17-,25-23-,26-24-,31-29-,32-30-. The first kappa shape index (κ1) is 76.3. The molecular formula is C74H128O6. The summed E-state index contributed by atoms with van der Waals surface area (Å²) in [5.41, 5.74) is 0. The molecule has 0 radical (unpaired) electrons. The van der Waals surface area contributed by atoms with Crippen molar-refractivity contribution in [2.45, 2.75) is 341 Å². The first-order chi connectivity index (χ1) is 39.5. The minimum atomic E-state index is -0.776. The predicted octanol–water partition coefficient (Wildman–Crippen LogP) is 23.6. The van der Waals surface area contributed by atoms with Crippen LogP contribution in [0.2, 0.25) is 0 Å². The van der Waals surface area contributed by atoms with Gasteiger partial charge in [-0.1, -0.05) is 317 Å². The van der Waals surface area contributed by atoms with Gasteiger partial charge in [0.05, 0.1) is 0 Å². The highest BCUT2D eigenvalue weighted by atomic mass is 16.6. The zero-order chi connectivity index (χ0) is 57.8. The molecule has 6 heteroatoms. The van der Waals surface area contributed by atoms with E-state index in [4.69, 9.17) is 14.2 Å². The number of rotatable bonds is 62. The number of carbonyl (C=O) groups is 3. The molecule has 0 spiro atoms. The van der Waals surface area contributed by atoms with Gasteiger partial charge in [0.2, 0.25) is 0 Å². The van der Waals surface area contributed by atoms with E-state index in [1.165, 1.54) is 186 Å². The lowest BCUT2D eigenvalue weighted by Crippen LogP contribution is -2.30. The van der Waals surface area contributed by atoms with Crippen LogP contribution in [0.15, 0.2) is 97.2 Å². The van der Waals surface area contributed by atoms with Crippen molar-refractivity contribution in [2.24, 2.45) is 0 Å². The molecule has 0 aliphatic carbocycles. The van der Waals surface area contributed by atoms with Crippen LogP contribution in [0.5, 0.6) is 0 Å². The van der Waals surface area contributed by atoms with Gasteiger partial charge in [-0.15, -0.1) is 0 Å². The molecule has 0 fully saturated rings. The Balaban J connectivity index is 4.11. The second kappa shape index (κ2) is 67.8. The zero-order valence-electron chi connectivity index (χ0n) is 52.8.